The smallest absolute Gasteiger partial charge is 0.310 e. The highest BCUT2D eigenvalue weighted by molar-refractivity contribution is 7.18. The minimum Gasteiger partial charge on any atom is -0.455 e. The Morgan fingerprint density at radius 3 is 2.79 bits per heavy atom. The van der Waals surface area contributed by atoms with E-state index in [1.807, 2.05) is 49.4 Å². The molecule has 6 heteroatoms. The van der Waals surface area contributed by atoms with E-state index in [1.165, 1.54) is 4.70 Å². The van der Waals surface area contributed by atoms with Crippen molar-refractivity contribution in [3.63, 3.8) is 0 Å². The number of amides is 1. The van der Waals surface area contributed by atoms with Gasteiger partial charge in [0.05, 0.1) is 21.6 Å². The maximum Gasteiger partial charge on any atom is 0.310 e. The van der Waals surface area contributed by atoms with E-state index in [0.717, 1.165) is 34.5 Å². The van der Waals surface area contributed by atoms with Gasteiger partial charge in [0.15, 0.2) is 6.61 Å². The lowest BCUT2D eigenvalue weighted by molar-refractivity contribution is -0.152. The standard InChI is InChI=1S/C23H24N2O3S/c1-16-7-2-3-8-17(16)13-22(27)28-15-21(26)25-12-6-9-18(14-25)23-24-19-10-4-5-11-20(19)29-23/h2-5,7-8,10-11,18H,6,9,12-15H2,1H3/t18-/m0/s1. The van der Waals surface area contributed by atoms with Gasteiger partial charge >= 0.3 is 5.97 Å². The Labute approximate surface area is 174 Å². The topological polar surface area (TPSA) is 59.5 Å². The summed E-state index contributed by atoms with van der Waals surface area (Å²) in [4.78, 5) is 31.3. The summed E-state index contributed by atoms with van der Waals surface area (Å²) < 4.78 is 6.44. The summed E-state index contributed by atoms with van der Waals surface area (Å²) in [5.74, 6) is -0.255. The number of aryl methyl sites for hydroxylation is 1. The summed E-state index contributed by atoms with van der Waals surface area (Å²) in [6.45, 7) is 3.10. The fourth-order valence-electron chi connectivity index (χ4n) is 3.72. The van der Waals surface area contributed by atoms with Crippen LogP contribution in [0.25, 0.3) is 10.2 Å². The second-order valence-corrected chi connectivity index (χ2v) is 8.52. The molecule has 1 fully saturated rings. The van der Waals surface area contributed by atoms with Gasteiger partial charge in [0.1, 0.15) is 0 Å². The van der Waals surface area contributed by atoms with Gasteiger partial charge in [-0.1, -0.05) is 36.4 Å². The van der Waals surface area contributed by atoms with Gasteiger partial charge in [-0.3, -0.25) is 9.59 Å². The van der Waals surface area contributed by atoms with Crippen LogP contribution in [0.1, 0.15) is 34.9 Å². The third-order valence-electron chi connectivity index (χ3n) is 5.39. The van der Waals surface area contributed by atoms with Crippen molar-refractivity contribution in [2.75, 3.05) is 19.7 Å². The average molecular weight is 409 g/mol. The molecule has 0 bridgehead atoms. The Morgan fingerprint density at radius 1 is 1.17 bits per heavy atom. The summed E-state index contributed by atoms with van der Waals surface area (Å²) in [5, 5.41) is 1.08. The van der Waals surface area contributed by atoms with Gasteiger partial charge in [0.25, 0.3) is 5.91 Å². The summed E-state index contributed by atoms with van der Waals surface area (Å²) in [5.41, 5.74) is 2.99. The van der Waals surface area contributed by atoms with Crippen LogP contribution < -0.4 is 0 Å². The summed E-state index contributed by atoms with van der Waals surface area (Å²) >= 11 is 1.70. The van der Waals surface area contributed by atoms with Crippen molar-refractivity contribution in [1.29, 1.82) is 0 Å². The molecular weight excluding hydrogens is 384 g/mol. The van der Waals surface area contributed by atoms with E-state index in [4.69, 9.17) is 9.72 Å². The summed E-state index contributed by atoms with van der Waals surface area (Å²) in [6.07, 6.45) is 2.15. The number of carbonyl (C=O) groups excluding carboxylic acids is 2. The first kappa shape index (κ1) is 19.6. The number of carbonyl (C=O) groups is 2. The van der Waals surface area contributed by atoms with Gasteiger partial charge < -0.3 is 9.64 Å². The van der Waals surface area contributed by atoms with Gasteiger partial charge in [0.2, 0.25) is 0 Å². The van der Waals surface area contributed by atoms with Crippen molar-refractivity contribution in [3.8, 4) is 0 Å². The number of hydrogen-bond donors (Lipinski definition) is 0. The number of benzene rings is 2. The molecule has 150 valence electrons. The number of likely N-dealkylation sites (tertiary alicyclic amines) is 1. The number of ether oxygens (including phenoxy) is 1. The van der Waals surface area contributed by atoms with Gasteiger partial charge in [-0.2, -0.15) is 0 Å². The van der Waals surface area contributed by atoms with Crippen molar-refractivity contribution in [2.45, 2.75) is 32.1 Å². The number of thiazole rings is 1. The molecule has 29 heavy (non-hydrogen) atoms. The number of rotatable bonds is 5. The minimum absolute atomic E-state index is 0.131. The fraction of sp³-hybridized carbons (Fsp3) is 0.348. The molecule has 1 amide bonds. The molecular formula is C23H24N2O3S. The Hall–Kier alpha value is -2.73. The first-order valence-electron chi connectivity index (χ1n) is 9.93. The molecule has 2 heterocycles. The lowest BCUT2D eigenvalue weighted by Gasteiger charge is -2.31. The molecule has 0 spiro atoms. The second-order valence-electron chi connectivity index (χ2n) is 7.46. The van der Waals surface area contributed by atoms with Crippen LogP contribution in [-0.2, 0) is 20.7 Å². The molecule has 3 aromatic rings. The molecule has 1 aliphatic rings. The largest absolute Gasteiger partial charge is 0.455 e. The van der Waals surface area contributed by atoms with E-state index in [-0.39, 0.29) is 30.8 Å². The molecule has 0 aliphatic carbocycles. The monoisotopic (exact) mass is 408 g/mol. The molecule has 0 unspecified atom stereocenters. The number of para-hydroxylation sites is 1. The van der Waals surface area contributed by atoms with E-state index in [9.17, 15) is 9.59 Å². The summed E-state index contributed by atoms with van der Waals surface area (Å²) in [6, 6.07) is 15.8. The van der Waals surface area contributed by atoms with Crippen molar-refractivity contribution < 1.29 is 14.3 Å². The van der Waals surface area contributed by atoms with E-state index >= 15 is 0 Å². The molecule has 2 aromatic carbocycles. The number of nitrogens with zero attached hydrogens (tertiary/aromatic N) is 2. The van der Waals surface area contributed by atoms with Gasteiger partial charge in [0, 0.05) is 19.0 Å². The highest BCUT2D eigenvalue weighted by atomic mass is 32.1. The van der Waals surface area contributed by atoms with Gasteiger partial charge in [-0.05, 0) is 43.0 Å². The third kappa shape index (κ3) is 4.65. The zero-order chi connectivity index (χ0) is 20.2. The average Bonchev–Trinajstić information content (AvgIpc) is 3.18. The van der Waals surface area contributed by atoms with Crippen molar-refractivity contribution in [1.82, 2.24) is 9.88 Å². The van der Waals surface area contributed by atoms with Gasteiger partial charge in [-0.25, -0.2) is 4.98 Å². The van der Waals surface area contributed by atoms with Crippen LogP contribution >= 0.6 is 11.3 Å². The van der Waals surface area contributed by atoms with E-state index in [1.54, 1.807) is 16.2 Å². The van der Waals surface area contributed by atoms with Crippen LogP contribution in [0.5, 0.6) is 0 Å². The van der Waals surface area contributed by atoms with E-state index in [2.05, 4.69) is 6.07 Å². The SMILES string of the molecule is Cc1ccccc1CC(=O)OCC(=O)N1CCC[C@H](c2nc3ccccc3s2)C1. The van der Waals surface area contributed by atoms with Crippen LogP contribution in [0.2, 0.25) is 0 Å². The lowest BCUT2D eigenvalue weighted by atomic mass is 9.99. The Balaban J connectivity index is 1.32. The fourth-order valence-corrected chi connectivity index (χ4v) is 4.81. The first-order chi connectivity index (χ1) is 14.1. The molecule has 0 radical (unpaired) electrons. The maximum atomic E-state index is 12.6. The Bertz CT molecular complexity index is 997. The number of esters is 1. The van der Waals surface area contributed by atoms with Crippen molar-refractivity contribution in [3.05, 3.63) is 64.7 Å². The molecule has 1 atom stereocenters. The lowest BCUT2D eigenvalue weighted by Crippen LogP contribution is -2.41. The zero-order valence-corrected chi connectivity index (χ0v) is 17.3. The molecule has 5 nitrogen and oxygen atoms in total. The normalized spacial score (nSPS) is 16.7. The number of piperidine rings is 1. The Morgan fingerprint density at radius 2 is 1.97 bits per heavy atom. The van der Waals surface area contributed by atoms with Crippen LogP contribution in [0.15, 0.2) is 48.5 Å². The maximum absolute atomic E-state index is 12.6. The van der Waals surface area contributed by atoms with Crippen LogP contribution in [0.4, 0.5) is 0 Å². The third-order valence-corrected chi connectivity index (χ3v) is 6.59. The molecule has 1 aliphatic heterocycles. The molecule has 1 saturated heterocycles. The van der Waals surface area contributed by atoms with Crippen LogP contribution in [-0.4, -0.2) is 41.5 Å². The van der Waals surface area contributed by atoms with Gasteiger partial charge in [-0.15, -0.1) is 11.3 Å². The molecule has 4 rings (SSSR count). The predicted octanol–water partition coefficient (Wildman–Crippen LogP) is 4.10. The highest BCUT2D eigenvalue weighted by Gasteiger charge is 2.27. The minimum atomic E-state index is -0.368. The van der Waals surface area contributed by atoms with E-state index < -0.39 is 0 Å². The van der Waals surface area contributed by atoms with Crippen molar-refractivity contribution >= 4 is 33.4 Å². The van der Waals surface area contributed by atoms with Crippen LogP contribution in [0.3, 0.4) is 0 Å². The molecule has 0 saturated carbocycles. The Kier molecular flexibility index (Phi) is 5.90. The van der Waals surface area contributed by atoms with E-state index in [0.29, 0.717) is 13.1 Å². The van der Waals surface area contributed by atoms with Crippen LogP contribution in [0, 0.1) is 6.92 Å². The predicted molar refractivity (Wildman–Crippen MR) is 114 cm³/mol. The molecule has 0 N–H and O–H groups in total. The quantitative estimate of drug-likeness (QED) is 0.597. The second kappa shape index (κ2) is 8.74. The van der Waals surface area contributed by atoms with Crippen molar-refractivity contribution in [2.24, 2.45) is 0 Å². The number of fused-ring (bicyclic) bond motifs is 1. The number of hydrogen-bond acceptors (Lipinski definition) is 5. The zero-order valence-electron chi connectivity index (χ0n) is 16.5. The first-order valence-corrected chi connectivity index (χ1v) is 10.7. The highest BCUT2D eigenvalue weighted by Crippen LogP contribution is 2.32. The number of aromatic nitrogens is 1. The summed E-state index contributed by atoms with van der Waals surface area (Å²) in [7, 11) is 0. The molecule has 1 aromatic heterocycles.